The summed E-state index contributed by atoms with van der Waals surface area (Å²) in [7, 11) is -1.06. The smallest absolute Gasteiger partial charge is 0.129 e. The fourth-order valence-corrected chi connectivity index (χ4v) is 2.22. The van der Waals surface area contributed by atoms with E-state index in [-0.39, 0.29) is 16.6 Å². The molecule has 1 unspecified atom stereocenters. The van der Waals surface area contributed by atoms with Crippen molar-refractivity contribution in [1.82, 2.24) is 4.72 Å². The molecule has 16 heavy (non-hydrogen) atoms. The zero-order chi connectivity index (χ0) is 12.9. The standard InChI is InChI=1S/C12H25NO2S/c1-9(2)11(8-7-10(3)14)13-16(15)12(4,5)6/h9,11,13H,7-8H2,1-6H3/t11-,16?/m0/s1. The Morgan fingerprint density at radius 1 is 1.31 bits per heavy atom. The molecule has 0 saturated carbocycles. The second-order valence-electron chi connectivity index (χ2n) is 5.59. The third-order valence-electron chi connectivity index (χ3n) is 2.43. The van der Waals surface area contributed by atoms with Crippen LogP contribution in [-0.2, 0) is 15.8 Å². The minimum Gasteiger partial charge on any atom is -0.300 e. The average Bonchev–Trinajstić information content (AvgIpc) is 2.09. The third-order valence-corrected chi connectivity index (χ3v) is 4.06. The summed E-state index contributed by atoms with van der Waals surface area (Å²) in [6.45, 7) is 11.6. The molecule has 0 bridgehead atoms. The van der Waals surface area contributed by atoms with E-state index in [0.29, 0.717) is 12.3 Å². The quantitative estimate of drug-likeness (QED) is 0.783. The van der Waals surface area contributed by atoms with Crippen LogP contribution in [0.15, 0.2) is 0 Å². The van der Waals surface area contributed by atoms with E-state index in [0.717, 1.165) is 6.42 Å². The van der Waals surface area contributed by atoms with Crippen LogP contribution in [0.5, 0.6) is 0 Å². The van der Waals surface area contributed by atoms with Crippen molar-refractivity contribution in [3.63, 3.8) is 0 Å². The van der Waals surface area contributed by atoms with Crippen LogP contribution in [0.2, 0.25) is 0 Å². The Balaban J connectivity index is 4.35. The molecule has 0 rings (SSSR count). The summed E-state index contributed by atoms with van der Waals surface area (Å²) in [6, 6.07) is 0.143. The molecule has 0 fully saturated rings. The van der Waals surface area contributed by atoms with Gasteiger partial charge < -0.3 is 4.79 Å². The first-order chi connectivity index (χ1) is 7.14. The lowest BCUT2D eigenvalue weighted by Gasteiger charge is -2.26. The van der Waals surface area contributed by atoms with E-state index < -0.39 is 11.0 Å². The van der Waals surface area contributed by atoms with Gasteiger partial charge in [0.05, 0.1) is 15.7 Å². The second kappa shape index (κ2) is 6.50. The molecular formula is C12H25NO2S. The predicted molar refractivity (Wildman–Crippen MR) is 69.6 cm³/mol. The first kappa shape index (κ1) is 15.8. The Kier molecular flexibility index (Phi) is 6.41. The molecule has 1 N–H and O–H groups in total. The van der Waals surface area contributed by atoms with E-state index in [4.69, 9.17) is 0 Å². The summed E-state index contributed by atoms with van der Waals surface area (Å²) in [5, 5.41) is 0. The Hall–Kier alpha value is -0.220. The van der Waals surface area contributed by atoms with E-state index in [1.807, 2.05) is 20.8 Å². The van der Waals surface area contributed by atoms with Gasteiger partial charge >= 0.3 is 0 Å². The maximum Gasteiger partial charge on any atom is 0.129 e. The molecule has 2 atom stereocenters. The topological polar surface area (TPSA) is 46.2 Å². The zero-order valence-corrected chi connectivity index (χ0v) is 12.1. The van der Waals surface area contributed by atoms with Crippen LogP contribution < -0.4 is 4.72 Å². The maximum atomic E-state index is 11.9. The molecule has 0 saturated heterocycles. The number of hydrogen-bond acceptors (Lipinski definition) is 2. The molecule has 0 spiro atoms. The van der Waals surface area contributed by atoms with Crippen molar-refractivity contribution in [2.75, 3.05) is 0 Å². The van der Waals surface area contributed by atoms with Crippen LogP contribution in [0.1, 0.15) is 54.4 Å². The second-order valence-corrected chi connectivity index (χ2v) is 7.59. The fraction of sp³-hybridized carbons (Fsp3) is 0.917. The summed E-state index contributed by atoms with van der Waals surface area (Å²) in [5.41, 5.74) is 0. The minimum atomic E-state index is -1.06. The summed E-state index contributed by atoms with van der Waals surface area (Å²) in [6.07, 6.45) is 1.31. The van der Waals surface area contributed by atoms with E-state index in [9.17, 15) is 9.00 Å². The minimum absolute atomic E-state index is 0.143. The van der Waals surface area contributed by atoms with Crippen molar-refractivity contribution in [3.05, 3.63) is 0 Å². The van der Waals surface area contributed by atoms with E-state index >= 15 is 0 Å². The number of rotatable bonds is 6. The first-order valence-electron chi connectivity index (χ1n) is 5.82. The van der Waals surface area contributed by atoms with Crippen LogP contribution in [-0.4, -0.2) is 20.8 Å². The highest BCUT2D eigenvalue weighted by Crippen LogP contribution is 2.14. The lowest BCUT2D eigenvalue weighted by molar-refractivity contribution is -0.117. The Bertz CT molecular complexity index is 256. The molecule has 3 nitrogen and oxygen atoms in total. The lowest BCUT2D eigenvalue weighted by atomic mass is 9.99. The van der Waals surface area contributed by atoms with Crippen molar-refractivity contribution in [2.45, 2.75) is 65.2 Å². The molecule has 4 heteroatoms. The van der Waals surface area contributed by atoms with Crippen molar-refractivity contribution in [1.29, 1.82) is 0 Å². The van der Waals surface area contributed by atoms with Crippen LogP contribution in [0.25, 0.3) is 0 Å². The van der Waals surface area contributed by atoms with Gasteiger partial charge in [0.2, 0.25) is 0 Å². The lowest BCUT2D eigenvalue weighted by Crippen LogP contribution is -2.42. The molecule has 0 aliphatic heterocycles. The zero-order valence-electron chi connectivity index (χ0n) is 11.3. The van der Waals surface area contributed by atoms with E-state index in [1.54, 1.807) is 6.92 Å². The third kappa shape index (κ3) is 6.38. The Morgan fingerprint density at radius 3 is 2.12 bits per heavy atom. The van der Waals surface area contributed by atoms with Crippen molar-refractivity contribution in [2.24, 2.45) is 5.92 Å². The number of carbonyl (C=O) groups is 1. The van der Waals surface area contributed by atoms with Gasteiger partial charge in [0.1, 0.15) is 5.78 Å². The monoisotopic (exact) mass is 247 g/mol. The molecule has 0 aromatic rings. The SMILES string of the molecule is CC(=O)CC[C@H](NS(=O)C(C)(C)C)C(C)C. The number of hydrogen-bond donors (Lipinski definition) is 1. The largest absolute Gasteiger partial charge is 0.300 e. The molecule has 96 valence electrons. The van der Waals surface area contributed by atoms with Crippen molar-refractivity contribution in [3.8, 4) is 0 Å². The Labute approximate surface area is 102 Å². The van der Waals surface area contributed by atoms with Gasteiger partial charge in [0.15, 0.2) is 0 Å². The summed E-state index contributed by atoms with van der Waals surface area (Å²) in [4.78, 5) is 10.9. The number of nitrogens with one attached hydrogen (secondary N) is 1. The van der Waals surface area contributed by atoms with Gasteiger partial charge in [-0.3, -0.25) is 0 Å². The molecule has 0 aliphatic rings. The normalized spacial score (nSPS) is 16.2. The molecular weight excluding hydrogens is 222 g/mol. The number of Topliss-reactive ketones (excluding diaryl/α,β-unsaturated/α-hetero) is 1. The molecule has 0 heterocycles. The maximum absolute atomic E-state index is 11.9. The van der Waals surface area contributed by atoms with Crippen LogP contribution >= 0.6 is 0 Å². The van der Waals surface area contributed by atoms with Gasteiger partial charge in [-0.25, -0.2) is 8.93 Å². The van der Waals surface area contributed by atoms with Crippen LogP contribution in [0.3, 0.4) is 0 Å². The molecule has 0 amide bonds. The van der Waals surface area contributed by atoms with Gasteiger partial charge in [-0.15, -0.1) is 0 Å². The number of ketones is 1. The predicted octanol–water partition coefficient (Wildman–Crippen LogP) is 2.43. The summed E-state index contributed by atoms with van der Waals surface area (Å²) >= 11 is 0. The van der Waals surface area contributed by atoms with Crippen molar-refractivity contribution >= 4 is 16.8 Å². The van der Waals surface area contributed by atoms with Gasteiger partial charge in [0.25, 0.3) is 0 Å². The molecule has 0 aromatic carbocycles. The fourth-order valence-electron chi connectivity index (χ4n) is 1.20. The Morgan fingerprint density at radius 2 is 1.81 bits per heavy atom. The van der Waals surface area contributed by atoms with Gasteiger partial charge in [0, 0.05) is 12.5 Å². The highest BCUT2D eigenvalue weighted by Gasteiger charge is 2.24. The molecule has 0 aromatic heterocycles. The van der Waals surface area contributed by atoms with Gasteiger partial charge in [-0.1, -0.05) is 13.8 Å². The summed E-state index contributed by atoms with van der Waals surface area (Å²) in [5.74, 6) is 0.569. The van der Waals surface area contributed by atoms with Gasteiger partial charge in [-0.2, -0.15) is 0 Å². The van der Waals surface area contributed by atoms with Gasteiger partial charge in [-0.05, 0) is 40.0 Å². The first-order valence-corrected chi connectivity index (χ1v) is 6.97. The average molecular weight is 247 g/mol. The van der Waals surface area contributed by atoms with Crippen molar-refractivity contribution < 1.29 is 9.00 Å². The molecule has 0 aliphatic carbocycles. The highest BCUT2D eigenvalue weighted by atomic mass is 32.2. The summed E-state index contributed by atoms with van der Waals surface area (Å²) < 4.78 is 14.8. The van der Waals surface area contributed by atoms with E-state index in [1.165, 1.54) is 0 Å². The van der Waals surface area contributed by atoms with E-state index in [2.05, 4.69) is 18.6 Å². The molecule has 0 radical (unpaired) electrons. The highest BCUT2D eigenvalue weighted by molar-refractivity contribution is 7.84. The van der Waals surface area contributed by atoms with Crippen LogP contribution in [0, 0.1) is 5.92 Å². The number of carbonyl (C=O) groups excluding carboxylic acids is 1. The van der Waals surface area contributed by atoms with Crippen LogP contribution in [0.4, 0.5) is 0 Å².